The highest BCUT2D eigenvalue weighted by molar-refractivity contribution is 6.46. The Morgan fingerprint density at radius 1 is 0.838 bits per heavy atom. The summed E-state index contributed by atoms with van der Waals surface area (Å²) in [5, 5.41) is 7.79. The fourth-order valence-corrected chi connectivity index (χ4v) is 4.55. The van der Waals surface area contributed by atoms with Gasteiger partial charge in [-0.05, 0) is 70.9 Å². The Kier molecular flexibility index (Phi) is 5.92. The van der Waals surface area contributed by atoms with Crippen LogP contribution < -0.4 is 10.6 Å². The van der Waals surface area contributed by atoms with Gasteiger partial charge in [-0.3, -0.25) is 9.59 Å². The van der Waals surface area contributed by atoms with Gasteiger partial charge in [0.25, 0.3) is 11.8 Å². The third-order valence-electron chi connectivity index (χ3n) is 5.85. The highest BCUT2D eigenvalue weighted by Gasteiger charge is 2.40. The van der Waals surface area contributed by atoms with E-state index in [0.717, 1.165) is 38.5 Å². The van der Waals surface area contributed by atoms with Crippen LogP contribution in [0.3, 0.4) is 0 Å². The Balaban J connectivity index is 1.40. The number of anilines is 1. The van der Waals surface area contributed by atoms with E-state index in [0.29, 0.717) is 16.8 Å². The Bertz CT molecular complexity index is 1600. The first-order valence-corrected chi connectivity index (χ1v) is 11.4. The van der Waals surface area contributed by atoms with E-state index in [2.05, 4.69) is 10.4 Å². The minimum Gasteiger partial charge on any atom is -0.268 e. The standard InChI is InChI=1S/C24H14Cl2F3N5O3/c1-12-10-13(2-9-18(12)33-21(35)19-16(25)7-8-17(26)20(19)22(33)36)11-32-23(37)34(31-30-32)15-5-3-14(4-6-15)24(27,28)29/h2-10H,11H2,1H3. The second-order valence-corrected chi connectivity index (χ2v) is 9.04. The molecule has 0 aliphatic carbocycles. The number of hydrogen-bond donors (Lipinski definition) is 0. The van der Waals surface area contributed by atoms with Crippen LogP contribution in [0, 0.1) is 6.92 Å². The maximum absolute atomic E-state index is 13.0. The number of amides is 2. The molecule has 0 bridgehead atoms. The van der Waals surface area contributed by atoms with Crippen LogP contribution in [0.4, 0.5) is 18.9 Å². The number of aromatic nitrogens is 4. The number of rotatable bonds is 4. The van der Waals surface area contributed by atoms with Crippen molar-refractivity contribution in [1.82, 2.24) is 19.8 Å². The van der Waals surface area contributed by atoms with Gasteiger partial charge in [-0.25, -0.2) is 9.69 Å². The molecule has 1 aliphatic heterocycles. The number of hydrogen-bond acceptors (Lipinski definition) is 5. The van der Waals surface area contributed by atoms with Gasteiger partial charge < -0.3 is 0 Å². The van der Waals surface area contributed by atoms with Gasteiger partial charge in [-0.1, -0.05) is 35.3 Å². The van der Waals surface area contributed by atoms with Crippen LogP contribution in [0.2, 0.25) is 10.0 Å². The van der Waals surface area contributed by atoms with Crippen molar-refractivity contribution in [3.05, 3.63) is 103 Å². The first kappa shape index (κ1) is 24.7. The Morgan fingerprint density at radius 3 is 1.97 bits per heavy atom. The van der Waals surface area contributed by atoms with Crippen molar-refractivity contribution in [2.24, 2.45) is 0 Å². The van der Waals surface area contributed by atoms with Crippen LogP contribution in [0.1, 0.15) is 37.4 Å². The molecule has 1 aromatic heterocycles. The Morgan fingerprint density at radius 2 is 1.43 bits per heavy atom. The van der Waals surface area contributed by atoms with E-state index in [9.17, 15) is 27.6 Å². The summed E-state index contributed by atoms with van der Waals surface area (Å²) in [7, 11) is 0. The number of carbonyl (C=O) groups is 2. The molecule has 0 saturated heterocycles. The second-order valence-electron chi connectivity index (χ2n) is 8.22. The lowest BCUT2D eigenvalue weighted by molar-refractivity contribution is -0.137. The van der Waals surface area contributed by atoms with Gasteiger partial charge in [0.15, 0.2) is 0 Å². The number of halogens is 5. The van der Waals surface area contributed by atoms with Crippen molar-refractivity contribution in [3.8, 4) is 5.69 Å². The molecule has 13 heteroatoms. The van der Waals surface area contributed by atoms with E-state index in [-0.39, 0.29) is 33.4 Å². The van der Waals surface area contributed by atoms with E-state index in [1.807, 2.05) is 0 Å². The third-order valence-corrected chi connectivity index (χ3v) is 6.48. The number of alkyl halides is 3. The summed E-state index contributed by atoms with van der Waals surface area (Å²) in [6.45, 7) is 1.67. The Labute approximate surface area is 216 Å². The van der Waals surface area contributed by atoms with E-state index >= 15 is 0 Å². The van der Waals surface area contributed by atoms with Crippen molar-refractivity contribution >= 4 is 40.7 Å². The maximum Gasteiger partial charge on any atom is 0.416 e. The van der Waals surface area contributed by atoms with E-state index in [1.54, 1.807) is 25.1 Å². The molecule has 0 radical (unpaired) electrons. The number of carbonyl (C=O) groups excluding carboxylic acids is 2. The maximum atomic E-state index is 13.0. The van der Waals surface area contributed by atoms with Crippen LogP contribution >= 0.6 is 23.2 Å². The topological polar surface area (TPSA) is 90.1 Å². The SMILES string of the molecule is Cc1cc(Cn2nnn(-c3ccc(C(F)(F)F)cc3)c2=O)ccc1N1C(=O)c2c(Cl)ccc(Cl)c2C1=O. The predicted molar refractivity (Wildman–Crippen MR) is 129 cm³/mol. The first-order valence-electron chi connectivity index (χ1n) is 10.6. The second kappa shape index (κ2) is 8.86. The molecule has 37 heavy (non-hydrogen) atoms. The molecule has 188 valence electrons. The molecule has 2 amide bonds. The summed E-state index contributed by atoms with van der Waals surface area (Å²) >= 11 is 12.3. The molecule has 4 aromatic rings. The number of aryl methyl sites for hydroxylation is 1. The number of benzene rings is 3. The largest absolute Gasteiger partial charge is 0.416 e. The summed E-state index contributed by atoms with van der Waals surface area (Å²) in [6, 6.07) is 11.7. The van der Waals surface area contributed by atoms with Crippen LogP contribution in [-0.4, -0.2) is 31.6 Å². The highest BCUT2D eigenvalue weighted by atomic mass is 35.5. The number of fused-ring (bicyclic) bond motifs is 1. The lowest BCUT2D eigenvalue weighted by Crippen LogP contribution is -2.30. The smallest absolute Gasteiger partial charge is 0.268 e. The quantitative estimate of drug-likeness (QED) is 0.338. The molecular formula is C24H14Cl2F3N5O3. The van der Waals surface area contributed by atoms with Gasteiger partial charge in [0.1, 0.15) is 0 Å². The first-order chi connectivity index (χ1) is 17.5. The lowest BCUT2D eigenvalue weighted by Gasteiger charge is -2.17. The fraction of sp³-hybridized carbons (Fsp3) is 0.125. The molecular weight excluding hydrogens is 534 g/mol. The number of tetrazole rings is 1. The van der Waals surface area contributed by atoms with Gasteiger partial charge in [0.2, 0.25) is 0 Å². The van der Waals surface area contributed by atoms with Crippen molar-refractivity contribution in [2.75, 3.05) is 4.90 Å². The van der Waals surface area contributed by atoms with E-state index in [1.165, 1.54) is 12.1 Å². The highest BCUT2D eigenvalue weighted by Crippen LogP contribution is 2.38. The van der Waals surface area contributed by atoms with Crippen molar-refractivity contribution < 1.29 is 22.8 Å². The van der Waals surface area contributed by atoms with Crippen molar-refractivity contribution in [2.45, 2.75) is 19.6 Å². The van der Waals surface area contributed by atoms with Gasteiger partial charge in [0.05, 0.1) is 44.7 Å². The van der Waals surface area contributed by atoms with Gasteiger partial charge in [-0.2, -0.15) is 22.5 Å². The zero-order chi connectivity index (χ0) is 26.6. The zero-order valence-corrected chi connectivity index (χ0v) is 20.3. The van der Waals surface area contributed by atoms with Gasteiger partial charge in [0, 0.05) is 0 Å². The molecule has 0 fully saturated rings. The summed E-state index contributed by atoms with van der Waals surface area (Å²) in [6.07, 6.45) is -4.50. The number of imide groups is 1. The minimum atomic E-state index is -4.50. The van der Waals surface area contributed by atoms with Crippen molar-refractivity contribution in [1.29, 1.82) is 0 Å². The monoisotopic (exact) mass is 547 g/mol. The fourth-order valence-electron chi connectivity index (χ4n) is 4.07. The minimum absolute atomic E-state index is 0.0135. The normalized spacial score (nSPS) is 13.4. The van der Waals surface area contributed by atoms with Crippen molar-refractivity contribution in [3.63, 3.8) is 0 Å². The van der Waals surface area contributed by atoms with Crippen LogP contribution in [-0.2, 0) is 12.7 Å². The average Bonchev–Trinajstić information content (AvgIpc) is 3.33. The predicted octanol–water partition coefficient (Wildman–Crippen LogP) is 4.91. The van der Waals surface area contributed by atoms with Crippen LogP contribution in [0.15, 0.2) is 59.4 Å². The molecule has 0 N–H and O–H groups in total. The molecule has 0 atom stereocenters. The zero-order valence-electron chi connectivity index (χ0n) is 18.8. The van der Waals surface area contributed by atoms with Gasteiger partial charge >= 0.3 is 11.9 Å². The average molecular weight is 548 g/mol. The van der Waals surface area contributed by atoms with E-state index < -0.39 is 29.2 Å². The molecule has 2 heterocycles. The van der Waals surface area contributed by atoms with E-state index in [4.69, 9.17) is 23.2 Å². The van der Waals surface area contributed by atoms with Crippen LogP contribution in [0.5, 0.6) is 0 Å². The Hall–Kier alpha value is -3.96. The lowest BCUT2D eigenvalue weighted by atomic mass is 10.1. The molecule has 8 nitrogen and oxygen atoms in total. The molecule has 0 spiro atoms. The van der Waals surface area contributed by atoms with Crippen LogP contribution in [0.25, 0.3) is 5.69 Å². The summed E-state index contributed by atoms with van der Waals surface area (Å²) in [5.41, 5.74) is 0.170. The third kappa shape index (κ3) is 4.19. The summed E-state index contributed by atoms with van der Waals surface area (Å²) < 4.78 is 40.3. The summed E-state index contributed by atoms with van der Waals surface area (Å²) in [4.78, 5) is 39.7. The molecule has 0 saturated carbocycles. The van der Waals surface area contributed by atoms with Gasteiger partial charge in [-0.15, -0.1) is 0 Å². The summed E-state index contributed by atoms with van der Waals surface area (Å²) in [5.74, 6) is -1.20. The number of nitrogens with zero attached hydrogens (tertiary/aromatic N) is 5. The molecule has 3 aromatic carbocycles. The molecule has 0 unspecified atom stereocenters. The molecule has 5 rings (SSSR count). The molecule has 1 aliphatic rings.